The Labute approximate surface area is 90.9 Å². The monoisotopic (exact) mass is 206 g/mol. The van der Waals surface area contributed by atoms with Gasteiger partial charge in [0.25, 0.3) is 0 Å². The van der Waals surface area contributed by atoms with Gasteiger partial charge in [0.2, 0.25) is 5.91 Å². The Morgan fingerprint density at radius 2 is 2.07 bits per heavy atom. The molecule has 3 nitrogen and oxygen atoms in total. The maximum Gasteiger partial charge on any atom is 0.241 e. The summed E-state index contributed by atoms with van der Waals surface area (Å²) in [5.74, 6) is 0.00569. The Hall–Kier alpha value is -1.35. The average Bonchev–Trinajstić information content (AvgIpc) is 2.21. The van der Waals surface area contributed by atoms with Crippen molar-refractivity contribution in [2.45, 2.75) is 26.8 Å². The zero-order valence-electron chi connectivity index (χ0n) is 9.50. The van der Waals surface area contributed by atoms with Crippen LogP contribution in [-0.2, 0) is 4.79 Å². The van der Waals surface area contributed by atoms with E-state index in [1.165, 1.54) is 0 Å². The topological polar surface area (TPSA) is 41.1 Å². The molecule has 3 heteroatoms. The molecule has 1 rings (SSSR count). The number of amides is 1. The Balaban J connectivity index is 2.62. The van der Waals surface area contributed by atoms with Crippen LogP contribution < -0.4 is 10.6 Å². The molecular weight excluding hydrogens is 188 g/mol. The lowest BCUT2D eigenvalue weighted by Crippen LogP contribution is -2.37. The summed E-state index contributed by atoms with van der Waals surface area (Å²) in [6.45, 7) is 6.62. The van der Waals surface area contributed by atoms with Gasteiger partial charge in [-0.05, 0) is 32.0 Å². The van der Waals surface area contributed by atoms with Crippen molar-refractivity contribution in [1.29, 1.82) is 0 Å². The van der Waals surface area contributed by atoms with Gasteiger partial charge in [-0.2, -0.15) is 0 Å². The molecule has 0 heterocycles. The highest BCUT2D eigenvalue weighted by atomic mass is 16.2. The lowest BCUT2D eigenvalue weighted by Gasteiger charge is -2.13. The number of hydrogen-bond acceptors (Lipinski definition) is 2. The summed E-state index contributed by atoms with van der Waals surface area (Å²) in [6.07, 6.45) is 0. The quantitative estimate of drug-likeness (QED) is 0.790. The normalized spacial score (nSPS) is 12.2. The van der Waals surface area contributed by atoms with Crippen LogP contribution in [0.2, 0.25) is 0 Å². The van der Waals surface area contributed by atoms with Gasteiger partial charge in [0, 0.05) is 5.69 Å². The summed E-state index contributed by atoms with van der Waals surface area (Å²) in [5.41, 5.74) is 1.96. The predicted molar refractivity (Wildman–Crippen MR) is 62.9 cm³/mol. The Morgan fingerprint density at radius 3 is 2.67 bits per heavy atom. The summed E-state index contributed by atoms with van der Waals surface area (Å²) in [5, 5.41) is 5.97. The average molecular weight is 206 g/mol. The highest BCUT2D eigenvalue weighted by Crippen LogP contribution is 2.13. The summed E-state index contributed by atoms with van der Waals surface area (Å²) in [4.78, 5) is 11.7. The van der Waals surface area contributed by atoms with E-state index in [1.807, 2.05) is 45.0 Å². The molecule has 82 valence electrons. The van der Waals surface area contributed by atoms with Gasteiger partial charge in [-0.3, -0.25) is 4.79 Å². The van der Waals surface area contributed by atoms with Crippen molar-refractivity contribution in [3.63, 3.8) is 0 Å². The second-order valence-corrected chi connectivity index (χ2v) is 3.58. The molecule has 0 unspecified atom stereocenters. The van der Waals surface area contributed by atoms with Gasteiger partial charge in [0.15, 0.2) is 0 Å². The Bertz CT molecular complexity index is 336. The van der Waals surface area contributed by atoms with Gasteiger partial charge in [-0.1, -0.05) is 25.1 Å². The van der Waals surface area contributed by atoms with Crippen LogP contribution in [-0.4, -0.2) is 18.5 Å². The summed E-state index contributed by atoms with van der Waals surface area (Å²) >= 11 is 0. The maximum absolute atomic E-state index is 11.7. The minimum atomic E-state index is -0.158. The number of hydrogen-bond donors (Lipinski definition) is 2. The number of aryl methyl sites for hydroxylation is 1. The summed E-state index contributed by atoms with van der Waals surface area (Å²) in [6, 6.07) is 7.60. The van der Waals surface area contributed by atoms with Crippen LogP contribution in [0.25, 0.3) is 0 Å². The van der Waals surface area contributed by atoms with Crippen LogP contribution in [0.1, 0.15) is 19.4 Å². The molecule has 0 fully saturated rings. The number of benzene rings is 1. The molecular formula is C12H18N2O. The van der Waals surface area contributed by atoms with Crippen LogP contribution >= 0.6 is 0 Å². The fourth-order valence-corrected chi connectivity index (χ4v) is 1.35. The third-order valence-corrected chi connectivity index (χ3v) is 2.31. The SMILES string of the molecule is CCN[C@@H](C)C(=O)Nc1ccccc1C. The minimum Gasteiger partial charge on any atom is -0.324 e. The maximum atomic E-state index is 11.7. The molecule has 1 atom stereocenters. The number of nitrogens with one attached hydrogen (secondary N) is 2. The lowest BCUT2D eigenvalue weighted by molar-refractivity contribution is -0.117. The number of rotatable bonds is 4. The van der Waals surface area contributed by atoms with Gasteiger partial charge >= 0.3 is 0 Å². The molecule has 0 spiro atoms. The highest BCUT2D eigenvalue weighted by Gasteiger charge is 2.11. The van der Waals surface area contributed by atoms with E-state index < -0.39 is 0 Å². The minimum absolute atomic E-state index is 0.00569. The van der Waals surface area contributed by atoms with Crippen molar-refractivity contribution in [2.24, 2.45) is 0 Å². The molecule has 0 aliphatic rings. The van der Waals surface area contributed by atoms with Crippen LogP contribution in [0, 0.1) is 6.92 Å². The molecule has 2 N–H and O–H groups in total. The molecule has 1 aromatic carbocycles. The Morgan fingerprint density at radius 1 is 1.40 bits per heavy atom. The zero-order chi connectivity index (χ0) is 11.3. The third kappa shape index (κ3) is 3.36. The van der Waals surface area contributed by atoms with Gasteiger partial charge < -0.3 is 10.6 Å². The van der Waals surface area contributed by atoms with Crippen molar-refractivity contribution in [1.82, 2.24) is 5.32 Å². The third-order valence-electron chi connectivity index (χ3n) is 2.31. The van der Waals surface area contributed by atoms with E-state index in [9.17, 15) is 4.79 Å². The molecule has 0 aliphatic carbocycles. The standard InChI is InChI=1S/C12H18N2O/c1-4-13-10(3)12(15)14-11-8-6-5-7-9(11)2/h5-8,10,13H,4H2,1-3H3,(H,14,15)/t10-/m0/s1. The van der Waals surface area contributed by atoms with Crippen molar-refractivity contribution in [2.75, 3.05) is 11.9 Å². The van der Waals surface area contributed by atoms with E-state index in [0.29, 0.717) is 0 Å². The first-order chi connectivity index (χ1) is 7.15. The highest BCUT2D eigenvalue weighted by molar-refractivity contribution is 5.95. The number of para-hydroxylation sites is 1. The van der Waals surface area contributed by atoms with Crippen LogP contribution in [0.5, 0.6) is 0 Å². The largest absolute Gasteiger partial charge is 0.324 e. The molecule has 0 saturated carbocycles. The summed E-state index contributed by atoms with van der Waals surface area (Å²) < 4.78 is 0. The van der Waals surface area contributed by atoms with Gasteiger partial charge in [0.05, 0.1) is 6.04 Å². The van der Waals surface area contributed by atoms with Gasteiger partial charge in [0.1, 0.15) is 0 Å². The number of likely N-dealkylation sites (N-methyl/N-ethyl adjacent to an activating group) is 1. The molecule has 0 bridgehead atoms. The van der Waals surface area contributed by atoms with E-state index in [2.05, 4.69) is 10.6 Å². The molecule has 15 heavy (non-hydrogen) atoms. The summed E-state index contributed by atoms with van der Waals surface area (Å²) in [7, 11) is 0. The fraction of sp³-hybridized carbons (Fsp3) is 0.417. The Kier molecular flexibility index (Phi) is 4.31. The van der Waals surface area contributed by atoms with Crippen molar-refractivity contribution >= 4 is 11.6 Å². The predicted octanol–water partition coefficient (Wildman–Crippen LogP) is 1.93. The number of carbonyl (C=O) groups is 1. The number of anilines is 1. The van der Waals surface area contributed by atoms with Crippen molar-refractivity contribution in [3.05, 3.63) is 29.8 Å². The first-order valence-corrected chi connectivity index (χ1v) is 5.25. The second-order valence-electron chi connectivity index (χ2n) is 3.58. The van der Waals surface area contributed by atoms with E-state index in [1.54, 1.807) is 0 Å². The molecule has 0 aliphatic heterocycles. The number of carbonyl (C=O) groups excluding carboxylic acids is 1. The fourth-order valence-electron chi connectivity index (χ4n) is 1.35. The van der Waals surface area contributed by atoms with Crippen molar-refractivity contribution < 1.29 is 4.79 Å². The second kappa shape index (κ2) is 5.51. The molecule has 1 aromatic rings. The lowest BCUT2D eigenvalue weighted by atomic mass is 10.2. The first-order valence-electron chi connectivity index (χ1n) is 5.25. The van der Waals surface area contributed by atoms with E-state index in [-0.39, 0.29) is 11.9 Å². The van der Waals surface area contributed by atoms with Gasteiger partial charge in [-0.25, -0.2) is 0 Å². The molecule has 0 aromatic heterocycles. The van der Waals surface area contributed by atoms with Crippen molar-refractivity contribution in [3.8, 4) is 0 Å². The molecule has 1 amide bonds. The van der Waals surface area contributed by atoms with Crippen LogP contribution in [0.3, 0.4) is 0 Å². The molecule has 0 saturated heterocycles. The first kappa shape index (κ1) is 11.7. The van der Waals surface area contributed by atoms with E-state index in [4.69, 9.17) is 0 Å². The smallest absolute Gasteiger partial charge is 0.241 e. The van der Waals surface area contributed by atoms with Crippen LogP contribution in [0.4, 0.5) is 5.69 Å². The van der Waals surface area contributed by atoms with Gasteiger partial charge in [-0.15, -0.1) is 0 Å². The van der Waals surface area contributed by atoms with E-state index in [0.717, 1.165) is 17.8 Å². The zero-order valence-corrected chi connectivity index (χ0v) is 9.50. The van der Waals surface area contributed by atoms with Crippen LogP contribution in [0.15, 0.2) is 24.3 Å². The van der Waals surface area contributed by atoms with E-state index >= 15 is 0 Å². The molecule has 0 radical (unpaired) electrons.